The summed E-state index contributed by atoms with van der Waals surface area (Å²) in [5, 5.41) is 1.77. The summed E-state index contributed by atoms with van der Waals surface area (Å²) in [6, 6.07) is 33.3. The number of hydrogen-bond donors (Lipinski definition) is 0. The molecule has 2 aromatic heterocycles. The van der Waals surface area contributed by atoms with E-state index in [0.717, 1.165) is 38.9 Å². The van der Waals surface area contributed by atoms with Gasteiger partial charge in [-0.05, 0) is 87.7 Å². The molecule has 0 aliphatic carbocycles. The fourth-order valence-corrected chi connectivity index (χ4v) is 6.57. The Bertz CT molecular complexity index is 2600. The molecule has 0 spiro atoms. The van der Waals surface area contributed by atoms with Gasteiger partial charge in [0.15, 0.2) is 0 Å². The second-order valence-corrected chi connectivity index (χ2v) is 12.4. The Morgan fingerprint density at radius 1 is 0.630 bits per heavy atom. The number of para-hydroxylation sites is 3. The van der Waals surface area contributed by atoms with Crippen LogP contribution in [-0.2, 0) is 0 Å². The fourth-order valence-electron chi connectivity index (χ4n) is 6.57. The van der Waals surface area contributed by atoms with Gasteiger partial charge in [0.2, 0.25) is 0 Å². The Labute approximate surface area is 276 Å². The first-order valence-corrected chi connectivity index (χ1v) is 15.8. The van der Waals surface area contributed by atoms with Crippen molar-refractivity contribution in [2.45, 2.75) is 39.5 Å². The SMILES string of the molecule is [2H]c1c([2H])c([2H])c(-c2ccc3c(c2)oc2c(-c4nc5ccccc5n4-c4c(C(C)C)cc(-c5ccccc5)cc4C(C)C)cccc23)c([2H])c1[2H]. The molecule has 0 saturated heterocycles. The highest BCUT2D eigenvalue weighted by Gasteiger charge is 2.25. The summed E-state index contributed by atoms with van der Waals surface area (Å²) in [7, 11) is 0. The lowest BCUT2D eigenvalue weighted by Crippen LogP contribution is -2.09. The van der Waals surface area contributed by atoms with Gasteiger partial charge in [-0.1, -0.05) is 119 Å². The van der Waals surface area contributed by atoms with Gasteiger partial charge in [0, 0.05) is 10.8 Å². The smallest absolute Gasteiger partial charge is 0.149 e. The van der Waals surface area contributed by atoms with Crippen LogP contribution in [0.3, 0.4) is 0 Å². The minimum Gasteiger partial charge on any atom is -0.455 e. The normalized spacial score (nSPS) is 13.4. The molecule has 0 unspecified atom stereocenters. The quantitative estimate of drug-likeness (QED) is 0.190. The molecule has 0 amide bonds. The summed E-state index contributed by atoms with van der Waals surface area (Å²) in [5.41, 5.74) is 10.5. The predicted octanol–water partition coefficient (Wildman–Crippen LogP) is 12.2. The van der Waals surface area contributed by atoms with Gasteiger partial charge in [-0.2, -0.15) is 0 Å². The van der Waals surface area contributed by atoms with Crippen molar-refractivity contribution in [2.75, 3.05) is 0 Å². The van der Waals surface area contributed by atoms with Crippen LogP contribution in [0.5, 0.6) is 0 Å². The average molecular weight is 602 g/mol. The summed E-state index contributed by atoms with van der Waals surface area (Å²) in [6.07, 6.45) is 0. The van der Waals surface area contributed by atoms with Gasteiger partial charge in [0.1, 0.15) is 17.0 Å². The highest BCUT2D eigenvalue weighted by Crippen LogP contribution is 2.43. The van der Waals surface area contributed by atoms with Crippen LogP contribution < -0.4 is 0 Å². The van der Waals surface area contributed by atoms with E-state index in [1.54, 1.807) is 12.1 Å². The van der Waals surface area contributed by atoms with Crippen molar-refractivity contribution in [3.8, 4) is 39.3 Å². The maximum atomic E-state index is 8.54. The summed E-state index contributed by atoms with van der Waals surface area (Å²) < 4.78 is 50.5. The molecular weight excluding hydrogens is 560 g/mol. The number of nitrogens with zero attached hydrogens (tertiary/aromatic N) is 2. The van der Waals surface area contributed by atoms with E-state index in [1.807, 2.05) is 42.5 Å². The minimum atomic E-state index is -0.415. The molecule has 0 bridgehead atoms. The van der Waals surface area contributed by atoms with E-state index in [1.165, 1.54) is 22.3 Å². The van der Waals surface area contributed by atoms with E-state index >= 15 is 0 Å². The van der Waals surface area contributed by atoms with Gasteiger partial charge in [-0.3, -0.25) is 4.57 Å². The van der Waals surface area contributed by atoms with Crippen LogP contribution in [0.2, 0.25) is 0 Å². The molecule has 3 nitrogen and oxygen atoms in total. The molecule has 0 aliphatic heterocycles. The summed E-state index contributed by atoms with van der Waals surface area (Å²) >= 11 is 0. The van der Waals surface area contributed by atoms with E-state index in [-0.39, 0.29) is 41.6 Å². The lowest BCUT2D eigenvalue weighted by Gasteiger charge is -2.24. The van der Waals surface area contributed by atoms with E-state index in [0.29, 0.717) is 16.7 Å². The zero-order chi connectivity index (χ0) is 35.7. The van der Waals surface area contributed by atoms with Crippen molar-refractivity contribution in [1.82, 2.24) is 9.55 Å². The Kier molecular flexibility index (Phi) is 5.60. The van der Waals surface area contributed by atoms with Crippen molar-refractivity contribution in [3.63, 3.8) is 0 Å². The monoisotopic (exact) mass is 601 g/mol. The number of furan rings is 1. The third-order valence-corrected chi connectivity index (χ3v) is 8.83. The molecule has 2 heterocycles. The predicted molar refractivity (Wildman–Crippen MR) is 193 cm³/mol. The van der Waals surface area contributed by atoms with Crippen LogP contribution in [0.4, 0.5) is 0 Å². The number of hydrogen-bond acceptors (Lipinski definition) is 2. The maximum absolute atomic E-state index is 8.54. The number of rotatable bonds is 6. The number of fused-ring (bicyclic) bond motifs is 4. The van der Waals surface area contributed by atoms with Gasteiger partial charge in [-0.25, -0.2) is 4.98 Å². The second-order valence-electron chi connectivity index (χ2n) is 12.4. The lowest BCUT2D eigenvalue weighted by atomic mass is 9.88. The number of aromatic nitrogens is 2. The Balaban J connectivity index is 1.40. The van der Waals surface area contributed by atoms with Crippen LogP contribution in [0, 0.1) is 0 Å². The summed E-state index contributed by atoms with van der Waals surface area (Å²) in [4.78, 5) is 5.27. The van der Waals surface area contributed by atoms with Crippen molar-refractivity contribution >= 4 is 33.0 Å². The number of imidazole rings is 1. The molecule has 0 saturated carbocycles. The first-order chi connectivity index (χ1) is 24.5. The van der Waals surface area contributed by atoms with Gasteiger partial charge >= 0.3 is 0 Å². The third kappa shape index (κ3) is 4.62. The molecule has 6 aromatic carbocycles. The Hall–Kier alpha value is -5.41. The molecule has 3 heteroatoms. The molecular formula is C43H36N2O. The van der Waals surface area contributed by atoms with Crippen LogP contribution in [0.25, 0.3) is 72.3 Å². The molecule has 8 aromatic rings. The first kappa shape index (κ1) is 23.0. The van der Waals surface area contributed by atoms with Gasteiger partial charge in [0.05, 0.1) is 29.1 Å². The molecule has 0 radical (unpaired) electrons. The standard InChI is InChI=1S/C43H36N2O/c1-27(2)36-24-32(30-16-9-6-10-17-30)25-37(28(3)4)41(36)45-39-21-12-11-20-38(39)44-43(45)35-19-13-18-34-33-23-22-31(26-40(33)46-42(34)35)29-14-7-5-8-15-29/h5-28H,1-4H3/i5D,7D,8D,14D,15D. The molecule has 46 heavy (non-hydrogen) atoms. The van der Waals surface area contributed by atoms with Crippen LogP contribution in [0.1, 0.15) is 57.5 Å². The van der Waals surface area contributed by atoms with Crippen molar-refractivity contribution in [3.05, 3.63) is 144 Å². The fraction of sp³-hybridized carbons (Fsp3) is 0.140. The minimum absolute atomic E-state index is 0.145. The second kappa shape index (κ2) is 11.2. The maximum Gasteiger partial charge on any atom is 0.149 e. The highest BCUT2D eigenvalue weighted by molar-refractivity contribution is 6.10. The van der Waals surface area contributed by atoms with E-state index < -0.39 is 6.04 Å². The van der Waals surface area contributed by atoms with E-state index in [2.05, 4.69) is 80.8 Å². The zero-order valence-electron chi connectivity index (χ0n) is 31.3. The Morgan fingerprint density at radius 2 is 1.35 bits per heavy atom. The molecule has 0 N–H and O–H groups in total. The van der Waals surface area contributed by atoms with Gasteiger partial charge in [-0.15, -0.1) is 0 Å². The van der Waals surface area contributed by atoms with Crippen molar-refractivity contribution in [1.29, 1.82) is 0 Å². The van der Waals surface area contributed by atoms with Crippen LogP contribution >= 0.6 is 0 Å². The van der Waals surface area contributed by atoms with E-state index in [9.17, 15) is 0 Å². The molecule has 0 aliphatic rings. The summed E-state index contributed by atoms with van der Waals surface area (Å²) in [5.74, 6) is 1.21. The van der Waals surface area contributed by atoms with Crippen LogP contribution in [-0.4, -0.2) is 9.55 Å². The third-order valence-electron chi connectivity index (χ3n) is 8.83. The van der Waals surface area contributed by atoms with Crippen molar-refractivity contribution in [2.24, 2.45) is 0 Å². The van der Waals surface area contributed by atoms with E-state index in [4.69, 9.17) is 16.3 Å². The molecule has 224 valence electrons. The molecule has 0 fully saturated rings. The first-order valence-electron chi connectivity index (χ1n) is 18.3. The molecule has 8 rings (SSSR count). The highest BCUT2D eigenvalue weighted by atomic mass is 16.3. The largest absolute Gasteiger partial charge is 0.455 e. The number of benzene rings is 6. The average Bonchev–Trinajstić information content (AvgIpc) is 3.71. The van der Waals surface area contributed by atoms with Crippen LogP contribution in [0.15, 0.2) is 138 Å². The lowest BCUT2D eigenvalue weighted by molar-refractivity contribution is 0.669. The summed E-state index contributed by atoms with van der Waals surface area (Å²) in [6.45, 7) is 8.96. The Morgan fingerprint density at radius 3 is 2.09 bits per heavy atom. The van der Waals surface area contributed by atoms with Gasteiger partial charge in [0.25, 0.3) is 0 Å². The zero-order valence-corrected chi connectivity index (χ0v) is 26.3. The van der Waals surface area contributed by atoms with Gasteiger partial charge < -0.3 is 4.42 Å². The van der Waals surface area contributed by atoms with Crippen molar-refractivity contribution < 1.29 is 11.3 Å². The topological polar surface area (TPSA) is 31.0 Å². The molecule has 0 atom stereocenters.